The van der Waals surface area contributed by atoms with Crippen molar-refractivity contribution in [2.75, 3.05) is 0 Å². The van der Waals surface area contributed by atoms with Crippen LogP contribution in [0.15, 0.2) is 43.4 Å². The van der Waals surface area contributed by atoms with Crippen LogP contribution in [0.3, 0.4) is 0 Å². The van der Waals surface area contributed by atoms with Gasteiger partial charge < -0.3 is 26.1 Å². The summed E-state index contributed by atoms with van der Waals surface area (Å²) in [5.41, 5.74) is -2.90. The fourth-order valence-corrected chi connectivity index (χ4v) is 5.97. The van der Waals surface area contributed by atoms with Gasteiger partial charge in [0.25, 0.3) is 0 Å². The molecule has 1 aromatic heterocycles. The summed E-state index contributed by atoms with van der Waals surface area (Å²) in [5.74, 6) is -2.15. The second-order valence-electron chi connectivity index (χ2n) is 6.54. The molecule has 0 amide bonds. The predicted octanol–water partition coefficient (Wildman–Crippen LogP) is -9.41. The summed E-state index contributed by atoms with van der Waals surface area (Å²) in [7, 11) is 0. The molecule has 0 saturated carbocycles. The number of benzene rings is 4. The zero-order chi connectivity index (χ0) is 21.5. The number of phenols is 4. The van der Waals surface area contributed by atoms with Crippen LogP contribution < -0.4 is 97.2 Å². The maximum Gasteiger partial charge on any atom is 1.00 e. The van der Waals surface area contributed by atoms with Gasteiger partial charge >= 0.3 is 75.4 Å². The van der Waals surface area contributed by atoms with Gasteiger partial charge in [0.2, 0.25) is 10.9 Å². The van der Waals surface area contributed by atoms with Crippen LogP contribution >= 0.6 is 22.7 Å². The number of hydrogen-bond donors (Lipinski definition) is 4. The molecule has 156 valence electrons. The van der Waals surface area contributed by atoms with Crippen LogP contribution in [0, 0.1) is 0 Å². The van der Waals surface area contributed by atoms with Gasteiger partial charge in [0.15, 0.2) is 10.9 Å². The van der Waals surface area contributed by atoms with Crippen molar-refractivity contribution in [3.8, 4) is 23.0 Å². The number of rotatable bonds is 0. The Morgan fingerprint density at radius 2 is 0.824 bits per heavy atom. The molecule has 34 heavy (non-hydrogen) atoms. The first-order valence-electron chi connectivity index (χ1n) is 8.35. The van der Waals surface area contributed by atoms with Gasteiger partial charge in [-0.25, -0.2) is 0 Å². The average Bonchev–Trinajstić information content (AvgIpc) is 2.72. The fraction of sp³-hybridized carbons (Fsp3) is 0. The van der Waals surface area contributed by atoms with E-state index in [1.54, 1.807) is 0 Å². The first-order chi connectivity index (χ1) is 14.2. The second-order valence-corrected chi connectivity index (χ2v) is 8.58. The molecule has 0 aliphatic carbocycles. The molecule has 1 heterocycles. The molecule has 14 heteroatoms. The van der Waals surface area contributed by atoms with Crippen molar-refractivity contribution in [3.63, 3.8) is 0 Å². The van der Waals surface area contributed by atoms with E-state index in [0.29, 0.717) is 22.7 Å². The SMILES string of the molecule is O=c1ccc(O)c2c(=O)c3sc4c(=O)c5c(O)ccc(=O)c5c(O)c4sc3c(O)c12.[H-].[H-].[H-].[H-].[Li+].[Li+].[Li+].[Li+]. The average molecular weight is 472 g/mol. The Bertz CT molecular complexity index is 1720. The van der Waals surface area contributed by atoms with Crippen molar-refractivity contribution in [2.45, 2.75) is 0 Å². The van der Waals surface area contributed by atoms with Crippen molar-refractivity contribution < 1.29 is 102 Å². The first-order valence-corrected chi connectivity index (χ1v) is 9.98. The number of aromatic hydroxyl groups is 4. The predicted molar refractivity (Wildman–Crippen MR) is 120 cm³/mol. The third-order valence-corrected chi connectivity index (χ3v) is 7.53. The second kappa shape index (κ2) is 10.7. The van der Waals surface area contributed by atoms with Gasteiger partial charge in [0.05, 0.1) is 40.3 Å². The summed E-state index contributed by atoms with van der Waals surface area (Å²) < 4.78 is -0.386. The van der Waals surface area contributed by atoms with Crippen molar-refractivity contribution in [1.29, 1.82) is 0 Å². The van der Waals surface area contributed by atoms with Crippen molar-refractivity contribution in [2.24, 2.45) is 0 Å². The van der Waals surface area contributed by atoms with Crippen LogP contribution in [0.25, 0.3) is 40.3 Å². The van der Waals surface area contributed by atoms with Crippen molar-refractivity contribution in [1.82, 2.24) is 0 Å². The molecule has 5 rings (SSSR count). The third-order valence-electron chi connectivity index (χ3n) is 4.88. The molecule has 0 atom stereocenters. The molecule has 0 radical (unpaired) electrons. The van der Waals surface area contributed by atoms with Crippen LogP contribution in [-0.4, -0.2) is 20.4 Å². The summed E-state index contributed by atoms with van der Waals surface area (Å²) in [5, 5.41) is 40.0. The monoisotopic (exact) mass is 472 g/mol. The van der Waals surface area contributed by atoms with Gasteiger partial charge in [0, 0.05) is 0 Å². The van der Waals surface area contributed by atoms with E-state index in [9.17, 15) is 39.6 Å². The molecule has 0 bridgehead atoms. The Kier molecular flexibility index (Phi) is 9.66. The summed E-state index contributed by atoms with van der Waals surface area (Å²) in [6.45, 7) is 0. The van der Waals surface area contributed by atoms with Crippen molar-refractivity contribution >= 4 is 63.0 Å². The van der Waals surface area contributed by atoms with Gasteiger partial charge in [0.1, 0.15) is 23.0 Å². The largest absolute Gasteiger partial charge is 1.00 e. The van der Waals surface area contributed by atoms with E-state index in [2.05, 4.69) is 0 Å². The van der Waals surface area contributed by atoms with Crippen LogP contribution in [-0.2, 0) is 0 Å². The Labute approximate surface area is 250 Å². The molecule has 0 aliphatic heterocycles. The van der Waals surface area contributed by atoms with Crippen LogP contribution in [0.4, 0.5) is 0 Å². The minimum absolute atomic E-state index is 0. The van der Waals surface area contributed by atoms with E-state index in [-0.39, 0.29) is 121 Å². The maximum atomic E-state index is 13.0. The van der Waals surface area contributed by atoms with Crippen LogP contribution in [0.5, 0.6) is 23.0 Å². The zero-order valence-corrected chi connectivity index (χ0v) is 20.2. The molecule has 5 aromatic rings. The fourth-order valence-electron chi connectivity index (χ4n) is 3.53. The summed E-state index contributed by atoms with van der Waals surface area (Å²) in [6.07, 6.45) is 0. The standard InChI is InChI=1S/C20H8O8S2.4Li.4H/c21-5-1-2-6(22)10-9(5)13(25)17-18(14(10)26)30-20-16(28)12-8(24)4-3-7(23)11(12)15(27)19(20)29-17;;;;;;;;/h1-4,21,23,26,28H;;;;;;;;/q;4*+1;4*-1. The maximum absolute atomic E-state index is 13.0. The van der Waals surface area contributed by atoms with Gasteiger partial charge in [-0.05, 0) is 24.3 Å². The molecule has 0 fully saturated rings. The summed E-state index contributed by atoms with van der Waals surface area (Å²) in [6, 6.07) is 4.09. The molecule has 4 N–H and O–H groups in total. The minimum atomic E-state index is -0.767. The van der Waals surface area contributed by atoms with E-state index >= 15 is 0 Å². The zero-order valence-electron chi connectivity index (χ0n) is 22.5. The normalized spacial score (nSPS) is 10.4. The van der Waals surface area contributed by atoms with Gasteiger partial charge in [-0.15, -0.1) is 22.7 Å². The topological polar surface area (TPSA) is 149 Å². The van der Waals surface area contributed by atoms with E-state index in [0.717, 1.165) is 24.3 Å². The Morgan fingerprint density at radius 1 is 0.500 bits per heavy atom. The molecular weight excluding hydrogens is 460 g/mol. The third kappa shape index (κ3) is 4.14. The van der Waals surface area contributed by atoms with E-state index in [1.807, 2.05) is 0 Å². The van der Waals surface area contributed by atoms with Crippen LogP contribution in [0.1, 0.15) is 5.71 Å². The van der Waals surface area contributed by atoms with Gasteiger partial charge in [-0.2, -0.15) is 0 Å². The summed E-state index contributed by atoms with van der Waals surface area (Å²) in [4.78, 5) is 50.4. The number of fused-ring (bicyclic) bond motifs is 4. The molecule has 0 aliphatic rings. The molecule has 0 spiro atoms. The number of hydrogen-bond acceptors (Lipinski definition) is 10. The minimum Gasteiger partial charge on any atom is -1.00 e. The van der Waals surface area contributed by atoms with E-state index in [1.165, 1.54) is 0 Å². The Morgan fingerprint density at radius 3 is 1.18 bits per heavy atom. The molecular formula is C20H12Li4O8S2. The number of phenolic OH excluding ortho intramolecular Hbond substituents is 4. The van der Waals surface area contributed by atoms with E-state index in [4.69, 9.17) is 0 Å². The summed E-state index contributed by atoms with van der Waals surface area (Å²) >= 11 is 1.29. The molecule has 4 aromatic carbocycles. The molecule has 0 unspecified atom stereocenters. The van der Waals surface area contributed by atoms with Gasteiger partial charge in [-0.3, -0.25) is 19.2 Å². The molecule has 8 nitrogen and oxygen atoms in total. The smallest absolute Gasteiger partial charge is 1.00 e. The van der Waals surface area contributed by atoms with E-state index < -0.39 is 44.7 Å². The van der Waals surface area contributed by atoms with Crippen LogP contribution in [0.2, 0.25) is 0 Å². The first kappa shape index (κ1) is 30.7. The van der Waals surface area contributed by atoms with Gasteiger partial charge in [-0.1, -0.05) is 0 Å². The van der Waals surface area contributed by atoms with Crippen molar-refractivity contribution in [3.05, 3.63) is 65.2 Å². The Hall–Kier alpha value is -1.37. The molecule has 0 saturated heterocycles. The Balaban J connectivity index is -0.000000722. The quantitative estimate of drug-likeness (QED) is 0.128.